The molecule has 15 heavy (non-hydrogen) atoms. The molecule has 5 heteroatoms. The third kappa shape index (κ3) is 2.65. The van der Waals surface area contributed by atoms with Crippen molar-refractivity contribution in [3.05, 3.63) is 23.2 Å². The van der Waals surface area contributed by atoms with E-state index in [1.807, 2.05) is 0 Å². The first kappa shape index (κ1) is 10.8. The van der Waals surface area contributed by atoms with Crippen molar-refractivity contribution in [2.75, 3.05) is 19.6 Å². The zero-order chi connectivity index (χ0) is 10.7. The van der Waals surface area contributed by atoms with Gasteiger partial charge in [-0.1, -0.05) is 18.5 Å². The number of hydrogen-bond acceptors (Lipinski definition) is 4. The fraction of sp³-hybridized carbons (Fsp3) is 0.600. The highest BCUT2D eigenvalue weighted by molar-refractivity contribution is 6.29. The number of hydrogen-bond donors (Lipinski definition) is 1. The molecule has 1 aliphatic heterocycles. The van der Waals surface area contributed by atoms with Gasteiger partial charge in [-0.3, -0.25) is 9.88 Å². The van der Waals surface area contributed by atoms with Crippen molar-refractivity contribution in [2.24, 2.45) is 0 Å². The average molecular weight is 227 g/mol. The summed E-state index contributed by atoms with van der Waals surface area (Å²) >= 11 is 5.69. The van der Waals surface area contributed by atoms with Crippen LogP contribution in [0.4, 0.5) is 0 Å². The van der Waals surface area contributed by atoms with Crippen LogP contribution < -0.4 is 5.32 Å². The standard InChI is InChI=1S/C10H15ClN4/c1-2-15(9-4-12-5-9)7-8-3-14-10(11)6-13-8/h3,6,9,12H,2,4-5,7H2,1H3. The topological polar surface area (TPSA) is 41.1 Å². The molecule has 1 fully saturated rings. The Bertz CT molecular complexity index is 310. The minimum Gasteiger partial charge on any atom is -0.314 e. The van der Waals surface area contributed by atoms with Gasteiger partial charge in [-0.05, 0) is 6.54 Å². The minimum absolute atomic E-state index is 0.451. The Balaban J connectivity index is 1.96. The van der Waals surface area contributed by atoms with Crippen LogP contribution in [0.25, 0.3) is 0 Å². The largest absolute Gasteiger partial charge is 0.314 e. The molecule has 0 aliphatic carbocycles. The van der Waals surface area contributed by atoms with E-state index in [0.29, 0.717) is 11.2 Å². The molecule has 0 saturated carbocycles. The molecule has 1 aliphatic rings. The Morgan fingerprint density at radius 1 is 1.47 bits per heavy atom. The van der Waals surface area contributed by atoms with Crippen molar-refractivity contribution in [3.8, 4) is 0 Å². The van der Waals surface area contributed by atoms with Gasteiger partial charge in [0.15, 0.2) is 0 Å². The van der Waals surface area contributed by atoms with Crippen molar-refractivity contribution in [2.45, 2.75) is 19.5 Å². The second-order valence-corrected chi connectivity index (χ2v) is 4.09. The highest BCUT2D eigenvalue weighted by atomic mass is 35.5. The summed E-state index contributed by atoms with van der Waals surface area (Å²) in [5.41, 5.74) is 0.980. The van der Waals surface area contributed by atoms with Crippen molar-refractivity contribution < 1.29 is 0 Å². The van der Waals surface area contributed by atoms with Crippen molar-refractivity contribution in [3.63, 3.8) is 0 Å². The van der Waals surface area contributed by atoms with E-state index in [-0.39, 0.29) is 0 Å². The van der Waals surface area contributed by atoms with Crippen molar-refractivity contribution in [1.29, 1.82) is 0 Å². The molecule has 1 aromatic heterocycles. The summed E-state index contributed by atoms with van der Waals surface area (Å²) in [4.78, 5) is 10.7. The Kier molecular flexibility index (Phi) is 3.51. The van der Waals surface area contributed by atoms with Crippen LogP contribution in [0.1, 0.15) is 12.6 Å². The molecule has 0 spiro atoms. The first-order valence-electron chi connectivity index (χ1n) is 5.20. The van der Waals surface area contributed by atoms with E-state index in [1.165, 1.54) is 0 Å². The SMILES string of the molecule is CCN(Cc1cnc(Cl)cn1)C1CNC1. The fourth-order valence-electron chi connectivity index (χ4n) is 1.66. The van der Waals surface area contributed by atoms with Gasteiger partial charge in [0.25, 0.3) is 0 Å². The van der Waals surface area contributed by atoms with Crippen LogP contribution >= 0.6 is 11.6 Å². The maximum atomic E-state index is 5.69. The van der Waals surface area contributed by atoms with Crippen LogP contribution in [-0.4, -0.2) is 40.5 Å². The molecule has 2 rings (SSSR count). The quantitative estimate of drug-likeness (QED) is 0.829. The lowest BCUT2D eigenvalue weighted by molar-refractivity contribution is 0.143. The molecule has 0 atom stereocenters. The molecule has 0 unspecified atom stereocenters. The van der Waals surface area contributed by atoms with Gasteiger partial charge < -0.3 is 5.32 Å². The first-order chi connectivity index (χ1) is 7.29. The van der Waals surface area contributed by atoms with E-state index in [1.54, 1.807) is 12.4 Å². The Morgan fingerprint density at radius 2 is 2.27 bits per heavy atom. The summed E-state index contributed by atoms with van der Waals surface area (Å²) in [5, 5.41) is 3.72. The van der Waals surface area contributed by atoms with E-state index in [2.05, 4.69) is 27.1 Å². The highest BCUT2D eigenvalue weighted by Crippen LogP contribution is 2.09. The number of aromatic nitrogens is 2. The van der Waals surface area contributed by atoms with Crippen LogP contribution in [0.3, 0.4) is 0 Å². The van der Waals surface area contributed by atoms with E-state index >= 15 is 0 Å². The minimum atomic E-state index is 0.451. The third-order valence-corrected chi connectivity index (χ3v) is 2.92. The highest BCUT2D eigenvalue weighted by Gasteiger charge is 2.23. The van der Waals surface area contributed by atoms with E-state index in [4.69, 9.17) is 11.6 Å². The zero-order valence-corrected chi connectivity index (χ0v) is 9.54. The predicted molar refractivity (Wildman–Crippen MR) is 59.8 cm³/mol. The van der Waals surface area contributed by atoms with Crippen LogP contribution in [0, 0.1) is 0 Å². The van der Waals surface area contributed by atoms with E-state index in [0.717, 1.165) is 31.9 Å². The second kappa shape index (κ2) is 4.88. The van der Waals surface area contributed by atoms with Gasteiger partial charge in [0, 0.05) is 25.7 Å². The molecule has 1 saturated heterocycles. The molecule has 0 bridgehead atoms. The molecule has 0 aromatic carbocycles. The molecule has 0 radical (unpaired) electrons. The monoisotopic (exact) mass is 226 g/mol. The van der Waals surface area contributed by atoms with Gasteiger partial charge in [-0.25, -0.2) is 4.98 Å². The van der Waals surface area contributed by atoms with E-state index in [9.17, 15) is 0 Å². The summed E-state index contributed by atoms with van der Waals surface area (Å²) in [6.07, 6.45) is 3.35. The summed E-state index contributed by atoms with van der Waals surface area (Å²) < 4.78 is 0. The predicted octanol–water partition coefficient (Wildman–Crippen LogP) is 0.924. The number of rotatable bonds is 4. The Labute approximate surface area is 94.7 Å². The van der Waals surface area contributed by atoms with Gasteiger partial charge in [0.2, 0.25) is 0 Å². The molecule has 2 heterocycles. The molecular weight excluding hydrogens is 212 g/mol. The van der Waals surface area contributed by atoms with Crippen LogP contribution in [0.2, 0.25) is 5.15 Å². The van der Waals surface area contributed by atoms with Crippen LogP contribution in [0.15, 0.2) is 12.4 Å². The lowest BCUT2D eigenvalue weighted by Gasteiger charge is -2.37. The summed E-state index contributed by atoms with van der Waals surface area (Å²) in [6, 6.07) is 0.646. The summed E-state index contributed by atoms with van der Waals surface area (Å²) in [7, 11) is 0. The first-order valence-corrected chi connectivity index (χ1v) is 5.58. The zero-order valence-electron chi connectivity index (χ0n) is 8.78. The molecular formula is C10H15ClN4. The third-order valence-electron chi connectivity index (χ3n) is 2.72. The maximum absolute atomic E-state index is 5.69. The molecule has 1 N–H and O–H groups in total. The molecule has 0 amide bonds. The van der Waals surface area contributed by atoms with Crippen LogP contribution in [0.5, 0.6) is 0 Å². The van der Waals surface area contributed by atoms with Gasteiger partial charge in [0.1, 0.15) is 5.15 Å². The summed E-state index contributed by atoms with van der Waals surface area (Å²) in [5.74, 6) is 0. The maximum Gasteiger partial charge on any atom is 0.147 e. The number of nitrogens with zero attached hydrogens (tertiary/aromatic N) is 3. The van der Waals surface area contributed by atoms with Crippen molar-refractivity contribution in [1.82, 2.24) is 20.2 Å². The lowest BCUT2D eigenvalue weighted by Crippen LogP contribution is -2.56. The fourth-order valence-corrected chi connectivity index (χ4v) is 1.76. The van der Waals surface area contributed by atoms with Gasteiger partial charge in [-0.2, -0.15) is 0 Å². The lowest BCUT2D eigenvalue weighted by atomic mass is 10.1. The van der Waals surface area contributed by atoms with E-state index < -0.39 is 0 Å². The van der Waals surface area contributed by atoms with Crippen molar-refractivity contribution >= 4 is 11.6 Å². The number of halogens is 1. The average Bonchev–Trinajstić information content (AvgIpc) is 2.17. The number of nitrogens with one attached hydrogen (secondary N) is 1. The second-order valence-electron chi connectivity index (χ2n) is 3.71. The molecule has 82 valence electrons. The molecule has 1 aromatic rings. The summed E-state index contributed by atoms with van der Waals surface area (Å²) in [6.45, 7) is 6.22. The van der Waals surface area contributed by atoms with Gasteiger partial charge in [-0.15, -0.1) is 0 Å². The smallest absolute Gasteiger partial charge is 0.147 e. The normalized spacial score (nSPS) is 16.7. The number of likely N-dealkylation sites (N-methyl/N-ethyl adjacent to an activating group) is 1. The van der Waals surface area contributed by atoms with Gasteiger partial charge in [0.05, 0.1) is 18.1 Å². The van der Waals surface area contributed by atoms with Gasteiger partial charge >= 0.3 is 0 Å². The Morgan fingerprint density at radius 3 is 2.73 bits per heavy atom. The van der Waals surface area contributed by atoms with Crippen LogP contribution in [-0.2, 0) is 6.54 Å². The molecule has 4 nitrogen and oxygen atoms in total. The Hall–Kier alpha value is -0.710.